The van der Waals surface area contributed by atoms with Gasteiger partial charge in [0, 0.05) is 0 Å². The SMILES string of the molecule is CCC(C(=O)NCC1COc2ccccc2O1)N(c1ccc(F)cc1)S(C)(=O)=O. The number of halogens is 1. The lowest BCUT2D eigenvalue weighted by Crippen LogP contribution is -2.51. The number of carbonyl (C=O) groups excluding carboxylic acids is 1. The third-order valence-corrected chi connectivity index (χ3v) is 5.66. The Morgan fingerprint density at radius 1 is 1.21 bits per heavy atom. The summed E-state index contributed by atoms with van der Waals surface area (Å²) in [7, 11) is -3.78. The molecule has 1 aliphatic rings. The van der Waals surface area contributed by atoms with Gasteiger partial charge in [-0.15, -0.1) is 0 Å². The molecular weight excluding hydrogens is 399 g/mol. The Morgan fingerprint density at radius 3 is 2.48 bits per heavy atom. The smallest absolute Gasteiger partial charge is 0.244 e. The van der Waals surface area contributed by atoms with E-state index in [1.165, 1.54) is 12.1 Å². The van der Waals surface area contributed by atoms with Crippen LogP contribution in [0.5, 0.6) is 11.5 Å². The molecule has 0 radical (unpaired) electrons. The second kappa shape index (κ2) is 8.69. The summed E-state index contributed by atoms with van der Waals surface area (Å²) in [6, 6.07) is 11.2. The number of benzene rings is 2. The molecule has 3 rings (SSSR count). The fourth-order valence-corrected chi connectivity index (χ4v) is 4.36. The van der Waals surface area contributed by atoms with Crippen LogP contribution in [-0.2, 0) is 14.8 Å². The number of rotatable bonds is 7. The van der Waals surface area contributed by atoms with Crippen LogP contribution in [0.1, 0.15) is 13.3 Å². The number of sulfonamides is 1. The van der Waals surface area contributed by atoms with Crippen LogP contribution in [0.2, 0.25) is 0 Å². The minimum absolute atomic E-state index is 0.157. The van der Waals surface area contributed by atoms with Crippen molar-refractivity contribution in [2.24, 2.45) is 0 Å². The molecule has 1 N–H and O–H groups in total. The first-order valence-corrected chi connectivity index (χ1v) is 11.1. The standard InChI is InChI=1S/C20H23FN2O5S/c1-3-17(23(29(2,25)26)15-10-8-14(21)9-11-15)20(24)22-12-16-13-27-18-6-4-5-7-19(18)28-16/h4-11,16-17H,3,12-13H2,1-2H3,(H,22,24). The molecule has 7 nitrogen and oxygen atoms in total. The lowest BCUT2D eigenvalue weighted by atomic mass is 10.2. The summed E-state index contributed by atoms with van der Waals surface area (Å²) in [6.45, 7) is 2.13. The van der Waals surface area contributed by atoms with Crippen LogP contribution >= 0.6 is 0 Å². The van der Waals surface area contributed by atoms with Gasteiger partial charge < -0.3 is 14.8 Å². The van der Waals surface area contributed by atoms with Crippen molar-refractivity contribution in [2.45, 2.75) is 25.5 Å². The van der Waals surface area contributed by atoms with Crippen LogP contribution in [0, 0.1) is 5.82 Å². The number of fused-ring (bicyclic) bond motifs is 1. The lowest BCUT2D eigenvalue weighted by Gasteiger charge is -2.31. The molecule has 1 heterocycles. The van der Waals surface area contributed by atoms with Gasteiger partial charge >= 0.3 is 0 Å². The summed E-state index contributed by atoms with van der Waals surface area (Å²) in [5.41, 5.74) is 0.224. The number of hydrogen-bond acceptors (Lipinski definition) is 5. The van der Waals surface area contributed by atoms with E-state index in [1.807, 2.05) is 12.1 Å². The zero-order valence-electron chi connectivity index (χ0n) is 16.2. The number of carbonyl (C=O) groups is 1. The van der Waals surface area contributed by atoms with E-state index in [1.54, 1.807) is 19.1 Å². The number of nitrogens with one attached hydrogen (secondary N) is 1. The normalized spacial score (nSPS) is 16.7. The van der Waals surface area contributed by atoms with Crippen LogP contribution in [0.3, 0.4) is 0 Å². The van der Waals surface area contributed by atoms with Gasteiger partial charge in [-0.25, -0.2) is 12.8 Å². The van der Waals surface area contributed by atoms with E-state index in [0.717, 1.165) is 22.7 Å². The molecule has 2 aromatic carbocycles. The minimum atomic E-state index is -3.78. The predicted molar refractivity (Wildman–Crippen MR) is 107 cm³/mol. The van der Waals surface area contributed by atoms with Gasteiger partial charge in [-0.2, -0.15) is 0 Å². The van der Waals surface area contributed by atoms with Gasteiger partial charge in [0.15, 0.2) is 11.5 Å². The Bertz CT molecular complexity index is 965. The van der Waals surface area contributed by atoms with Gasteiger partial charge in [-0.05, 0) is 42.8 Å². The average molecular weight is 422 g/mol. The zero-order valence-corrected chi connectivity index (χ0v) is 17.0. The molecule has 2 atom stereocenters. The second-order valence-electron chi connectivity index (χ2n) is 6.70. The topological polar surface area (TPSA) is 84.9 Å². The van der Waals surface area contributed by atoms with Crippen molar-refractivity contribution in [3.8, 4) is 11.5 Å². The Kier molecular flexibility index (Phi) is 6.26. The zero-order chi connectivity index (χ0) is 21.0. The maximum absolute atomic E-state index is 13.2. The molecular formula is C20H23FN2O5S. The third kappa shape index (κ3) is 4.97. The van der Waals surface area contributed by atoms with E-state index in [0.29, 0.717) is 11.5 Å². The summed E-state index contributed by atoms with van der Waals surface area (Å²) < 4.78 is 50.4. The first-order valence-electron chi connectivity index (χ1n) is 9.20. The molecule has 0 saturated carbocycles. The van der Waals surface area contributed by atoms with Crippen LogP contribution in [0.15, 0.2) is 48.5 Å². The highest BCUT2D eigenvalue weighted by atomic mass is 32.2. The average Bonchev–Trinajstić information content (AvgIpc) is 2.70. The summed E-state index contributed by atoms with van der Waals surface area (Å²) in [4.78, 5) is 12.8. The number of anilines is 1. The van der Waals surface area contributed by atoms with Crippen LogP contribution in [0.25, 0.3) is 0 Å². The van der Waals surface area contributed by atoms with Crippen molar-refractivity contribution in [1.29, 1.82) is 0 Å². The number of para-hydroxylation sites is 2. The molecule has 0 aliphatic carbocycles. The molecule has 0 aromatic heterocycles. The largest absolute Gasteiger partial charge is 0.486 e. The van der Waals surface area contributed by atoms with Crippen molar-refractivity contribution < 1.29 is 27.1 Å². The molecule has 0 bridgehead atoms. The molecule has 0 saturated heterocycles. The van der Waals surface area contributed by atoms with E-state index < -0.39 is 33.9 Å². The highest BCUT2D eigenvalue weighted by molar-refractivity contribution is 7.92. The van der Waals surface area contributed by atoms with E-state index in [4.69, 9.17) is 9.47 Å². The lowest BCUT2D eigenvalue weighted by molar-refractivity contribution is -0.122. The molecule has 1 amide bonds. The molecule has 2 unspecified atom stereocenters. The fourth-order valence-electron chi connectivity index (χ4n) is 3.14. The van der Waals surface area contributed by atoms with Crippen LogP contribution in [0.4, 0.5) is 10.1 Å². The van der Waals surface area contributed by atoms with Crippen molar-refractivity contribution >= 4 is 21.6 Å². The summed E-state index contributed by atoms with van der Waals surface area (Å²) in [5, 5.41) is 2.74. The van der Waals surface area contributed by atoms with E-state index in [9.17, 15) is 17.6 Å². The van der Waals surface area contributed by atoms with Crippen molar-refractivity contribution in [2.75, 3.05) is 23.7 Å². The fraction of sp³-hybridized carbons (Fsp3) is 0.350. The summed E-state index contributed by atoms with van der Waals surface area (Å²) in [6.07, 6.45) is 0.853. The van der Waals surface area contributed by atoms with Crippen LogP contribution < -0.4 is 19.1 Å². The first kappa shape index (κ1) is 20.9. The van der Waals surface area contributed by atoms with Gasteiger partial charge in [-0.3, -0.25) is 9.10 Å². The number of nitrogens with zero attached hydrogens (tertiary/aromatic N) is 1. The van der Waals surface area contributed by atoms with Gasteiger partial charge in [0.05, 0.1) is 18.5 Å². The molecule has 9 heteroatoms. The molecule has 1 aliphatic heterocycles. The van der Waals surface area contributed by atoms with Crippen molar-refractivity contribution in [1.82, 2.24) is 5.32 Å². The predicted octanol–water partition coefficient (Wildman–Crippen LogP) is 2.33. The maximum Gasteiger partial charge on any atom is 0.244 e. The van der Waals surface area contributed by atoms with E-state index in [-0.39, 0.29) is 25.3 Å². The maximum atomic E-state index is 13.2. The number of hydrogen-bond donors (Lipinski definition) is 1. The Hall–Kier alpha value is -2.81. The molecule has 0 spiro atoms. The van der Waals surface area contributed by atoms with Gasteiger partial charge in [-0.1, -0.05) is 19.1 Å². The minimum Gasteiger partial charge on any atom is -0.486 e. The van der Waals surface area contributed by atoms with Crippen molar-refractivity contribution in [3.05, 3.63) is 54.3 Å². The van der Waals surface area contributed by atoms with Crippen molar-refractivity contribution in [3.63, 3.8) is 0 Å². The summed E-state index contributed by atoms with van der Waals surface area (Å²) >= 11 is 0. The second-order valence-corrected chi connectivity index (χ2v) is 8.56. The molecule has 156 valence electrons. The third-order valence-electron chi connectivity index (χ3n) is 4.48. The number of amides is 1. The highest BCUT2D eigenvalue weighted by Gasteiger charge is 2.32. The molecule has 29 heavy (non-hydrogen) atoms. The number of ether oxygens (including phenoxy) is 2. The quantitative estimate of drug-likeness (QED) is 0.740. The molecule has 0 fully saturated rings. The first-order chi connectivity index (χ1) is 13.8. The monoisotopic (exact) mass is 422 g/mol. The van der Waals surface area contributed by atoms with Crippen LogP contribution in [-0.4, -0.2) is 45.9 Å². The summed E-state index contributed by atoms with van der Waals surface area (Å²) in [5.74, 6) is 0.273. The Morgan fingerprint density at radius 2 is 1.86 bits per heavy atom. The molecule has 2 aromatic rings. The van der Waals surface area contributed by atoms with E-state index >= 15 is 0 Å². The van der Waals surface area contributed by atoms with Gasteiger partial charge in [0.2, 0.25) is 15.9 Å². The van der Waals surface area contributed by atoms with E-state index in [2.05, 4.69) is 5.32 Å². The Balaban J connectivity index is 1.71. The Labute approximate surface area is 169 Å². The van der Waals surface area contributed by atoms with Gasteiger partial charge in [0.1, 0.15) is 24.6 Å². The highest BCUT2D eigenvalue weighted by Crippen LogP contribution is 2.30. The van der Waals surface area contributed by atoms with Gasteiger partial charge in [0.25, 0.3) is 0 Å².